The predicted molar refractivity (Wildman–Crippen MR) is 83.0 cm³/mol. The molecule has 92 valence electrons. The van der Waals surface area contributed by atoms with E-state index in [9.17, 15) is 0 Å². The van der Waals surface area contributed by atoms with Crippen molar-refractivity contribution in [3.63, 3.8) is 0 Å². The van der Waals surface area contributed by atoms with Gasteiger partial charge < -0.3 is 10.6 Å². The molecule has 1 aromatic heterocycles. The highest BCUT2D eigenvalue weighted by molar-refractivity contribution is 9.10. The Kier molecular flexibility index (Phi) is 4.28. The Labute approximate surface area is 120 Å². The molecule has 2 rings (SSSR count). The van der Waals surface area contributed by atoms with Crippen LogP contribution in [-0.4, -0.2) is 10.1 Å². The number of aromatic nitrogens is 1. The largest absolute Gasteiger partial charge is 0.332 e. The third-order valence-electron chi connectivity index (χ3n) is 2.24. The van der Waals surface area contributed by atoms with Crippen molar-refractivity contribution in [2.45, 2.75) is 6.92 Å². The Morgan fingerprint density at radius 1 is 1.22 bits per heavy atom. The second kappa shape index (κ2) is 5.93. The molecule has 1 heterocycles. The van der Waals surface area contributed by atoms with E-state index in [0.29, 0.717) is 10.9 Å². The molecular formula is C13H12BrN3S. The smallest absolute Gasteiger partial charge is 0.176 e. The van der Waals surface area contributed by atoms with Gasteiger partial charge in [0.15, 0.2) is 5.11 Å². The van der Waals surface area contributed by atoms with Gasteiger partial charge in [-0.05, 0) is 64.9 Å². The highest BCUT2D eigenvalue weighted by atomic mass is 79.9. The van der Waals surface area contributed by atoms with Gasteiger partial charge in [-0.2, -0.15) is 0 Å². The molecule has 0 bridgehead atoms. The molecule has 0 amide bonds. The lowest BCUT2D eigenvalue weighted by Crippen LogP contribution is -2.19. The van der Waals surface area contributed by atoms with Crippen LogP contribution in [0.25, 0.3) is 0 Å². The number of benzene rings is 1. The molecule has 0 aliphatic heterocycles. The van der Waals surface area contributed by atoms with Crippen molar-refractivity contribution in [1.29, 1.82) is 0 Å². The van der Waals surface area contributed by atoms with E-state index in [1.807, 2.05) is 43.3 Å². The van der Waals surface area contributed by atoms with Gasteiger partial charge in [0.1, 0.15) is 5.82 Å². The van der Waals surface area contributed by atoms with E-state index in [1.54, 1.807) is 6.20 Å². The fourth-order valence-electron chi connectivity index (χ4n) is 1.45. The van der Waals surface area contributed by atoms with E-state index >= 15 is 0 Å². The molecular weight excluding hydrogens is 310 g/mol. The molecule has 0 spiro atoms. The Morgan fingerprint density at radius 2 is 2.06 bits per heavy atom. The molecule has 0 unspecified atom stereocenters. The van der Waals surface area contributed by atoms with Crippen molar-refractivity contribution in [2.24, 2.45) is 0 Å². The van der Waals surface area contributed by atoms with Gasteiger partial charge in [0, 0.05) is 16.4 Å². The summed E-state index contributed by atoms with van der Waals surface area (Å²) >= 11 is 8.55. The lowest BCUT2D eigenvalue weighted by Gasteiger charge is -2.10. The molecule has 5 heteroatoms. The van der Waals surface area contributed by atoms with Crippen molar-refractivity contribution < 1.29 is 0 Å². The molecule has 2 N–H and O–H groups in total. The molecule has 1 aromatic carbocycles. The van der Waals surface area contributed by atoms with Crippen molar-refractivity contribution in [3.05, 3.63) is 52.6 Å². The third kappa shape index (κ3) is 3.78. The fourth-order valence-corrected chi connectivity index (χ4v) is 1.91. The number of thiocarbonyl (C=S) groups is 1. The first-order valence-corrected chi connectivity index (χ1v) is 6.60. The number of hydrogen-bond donors (Lipinski definition) is 2. The maximum atomic E-state index is 5.22. The molecule has 0 atom stereocenters. The third-order valence-corrected chi connectivity index (χ3v) is 2.92. The zero-order valence-electron chi connectivity index (χ0n) is 9.77. The normalized spacial score (nSPS) is 9.89. The van der Waals surface area contributed by atoms with Gasteiger partial charge in [-0.3, -0.25) is 0 Å². The van der Waals surface area contributed by atoms with Crippen LogP contribution in [-0.2, 0) is 0 Å². The fraction of sp³-hybridized carbons (Fsp3) is 0.0769. The van der Waals surface area contributed by atoms with Gasteiger partial charge >= 0.3 is 0 Å². The number of anilines is 2. The minimum absolute atomic E-state index is 0.524. The van der Waals surface area contributed by atoms with E-state index in [1.165, 1.54) is 5.56 Å². The number of aryl methyl sites for hydroxylation is 1. The molecule has 0 saturated heterocycles. The Morgan fingerprint density at radius 3 is 2.72 bits per heavy atom. The maximum absolute atomic E-state index is 5.22. The summed E-state index contributed by atoms with van der Waals surface area (Å²) in [5, 5.41) is 6.66. The quantitative estimate of drug-likeness (QED) is 0.821. The number of hydrogen-bond acceptors (Lipinski definition) is 2. The maximum Gasteiger partial charge on any atom is 0.176 e. The second-order valence-corrected chi connectivity index (χ2v) is 5.13. The minimum atomic E-state index is 0.524. The van der Waals surface area contributed by atoms with Gasteiger partial charge in [-0.1, -0.05) is 12.1 Å². The average Bonchev–Trinajstić information content (AvgIpc) is 2.32. The molecule has 0 radical (unpaired) electrons. The molecule has 0 aliphatic carbocycles. The predicted octanol–water partition coefficient (Wildman–Crippen LogP) is 3.96. The Balaban J connectivity index is 1.98. The van der Waals surface area contributed by atoms with Gasteiger partial charge in [0.25, 0.3) is 0 Å². The monoisotopic (exact) mass is 321 g/mol. The van der Waals surface area contributed by atoms with E-state index in [2.05, 4.69) is 31.5 Å². The van der Waals surface area contributed by atoms with Crippen LogP contribution >= 0.6 is 28.1 Å². The van der Waals surface area contributed by atoms with Crippen LogP contribution in [0.15, 0.2) is 47.1 Å². The van der Waals surface area contributed by atoms with Crippen molar-refractivity contribution in [2.75, 3.05) is 10.6 Å². The molecule has 0 fully saturated rings. The first-order valence-electron chi connectivity index (χ1n) is 5.40. The number of nitrogens with zero attached hydrogens (tertiary/aromatic N) is 1. The van der Waals surface area contributed by atoms with Crippen LogP contribution in [0.5, 0.6) is 0 Å². The SMILES string of the molecule is Cc1cccc(NC(=S)Nc2ccc(Br)cn2)c1. The van der Waals surface area contributed by atoms with Crippen LogP contribution in [0.1, 0.15) is 5.56 Å². The summed E-state index contributed by atoms with van der Waals surface area (Å²) in [6, 6.07) is 11.8. The Bertz CT molecular complexity index is 554. The zero-order chi connectivity index (χ0) is 13.0. The highest BCUT2D eigenvalue weighted by Gasteiger charge is 2.00. The zero-order valence-corrected chi connectivity index (χ0v) is 12.2. The molecule has 2 aromatic rings. The van der Waals surface area contributed by atoms with Crippen molar-refractivity contribution >= 4 is 44.8 Å². The summed E-state index contributed by atoms with van der Waals surface area (Å²) < 4.78 is 0.936. The van der Waals surface area contributed by atoms with E-state index < -0.39 is 0 Å². The van der Waals surface area contributed by atoms with Crippen molar-refractivity contribution in [3.8, 4) is 0 Å². The number of pyridine rings is 1. The van der Waals surface area contributed by atoms with Gasteiger partial charge in [-0.15, -0.1) is 0 Å². The molecule has 0 aliphatic rings. The number of nitrogens with one attached hydrogen (secondary N) is 2. The summed E-state index contributed by atoms with van der Waals surface area (Å²) in [7, 11) is 0. The van der Waals surface area contributed by atoms with Crippen LogP contribution in [0.2, 0.25) is 0 Å². The summed E-state index contributed by atoms with van der Waals surface area (Å²) in [6.45, 7) is 2.04. The number of halogens is 1. The topological polar surface area (TPSA) is 37.0 Å². The highest BCUT2D eigenvalue weighted by Crippen LogP contribution is 2.12. The molecule has 18 heavy (non-hydrogen) atoms. The summed E-state index contributed by atoms with van der Waals surface area (Å²) in [5.41, 5.74) is 2.15. The first kappa shape index (κ1) is 13.0. The van der Waals surface area contributed by atoms with E-state index in [0.717, 1.165) is 10.2 Å². The van der Waals surface area contributed by atoms with Gasteiger partial charge in [0.05, 0.1) is 0 Å². The molecule has 0 saturated carbocycles. The first-order chi connectivity index (χ1) is 8.63. The van der Waals surface area contributed by atoms with E-state index in [-0.39, 0.29) is 0 Å². The van der Waals surface area contributed by atoms with Gasteiger partial charge in [-0.25, -0.2) is 4.98 Å². The summed E-state index contributed by atoms with van der Waals surface area (Å²) in [6.07, 6.45) is 1.72. The summed E-state index contributed by atoms with van der Waals surface area (Å²) in [5.74, 6) is 0.711. The van der Waals surface area contributed by atoms with E-state index in [4.69, 9.17) is 12.2 Å². The van der Waals surface area contributed by atoms with Crippen LogP contribution in [0.4, 0.5) is 11.5 Å². The average molecular weight is 322 g/mol. The standard InChI is InChI=1S/C13H12BrN3S/c1-9-3-2-4-11(7-9)16-13(18)17-12-6-5-10(14)8-15-12/h2-8H,1H3,(H2,15,16,17,18). The lowest BCUT2D eigenvalue weighted by molar-refractivity contribution is 1.31. The van der Waals surface area contributed by atoms with Crippen LogP contribution in [0, 0.1) is 6.92 Å². The van der Waals surface area contributed by atoms with Gasteiger partial charge in [0.2, 0.25) is 0 Å². The molecule has 3 nitrogen and oxygen atoms in total. The number of rotatable bonds is 2. The second-order valence-electron chi connectivity index (χ2n) is 3.81. The van der Waals surface area contributed by atoms with Crippen LogP contribution in [0.3, 0.4) is 0 Å². The van der Waals surface area contributed by atoms with Crippen molar-refractivity contribution in [1.82, 2.24) is 4.98 Å². The van der Waals surface area contributed by atoms with Crippen LogP contribution < -0.4 is 10.6 Å². The Hall–Kier alpha value is -1.46. The lowest BCUT2D eigenvalue weighted by atomic mass is 10.2. The minimum Gasteiger partial charge on any atom is -0.332 e. The summed E-state index contributed by atoms with van der Waals surface area (Å²) in [4.78, 5) is 4.19.